The van der Waals surface area contributed by atoms with Crippen LogP contribution in [0.3, 0.4) is 0 Å². The summed E-state index contributed by atoms with van der Waals surface area (Å²) < 4.78 is 46.6. The number of carbonyl (C=O) groups is 2. The van der Waals surface area contributed by atoms with E-state index >= 15 is 0 Å². The number of Topliss-reactive ketones (excluding diaryl/α,β-unsaturated/α-hetero) is 1. The molecule has 0 radical (unpaired) electrons. The highest BCUT2D eigenvalue weighted by Crippen LogP contribution is 2.32. The molecule has 26 heavy (non-hydrogen) atoms. The maximum Gasteiger partial charge on any atom is 0.336 e. The van der Waals surface area contributed by atoms with Crippen molar-refractivity contribution in [1.29, 1.82) is 0 Å². The third-order valence-electron chi connectivity index (χ3n) is 3.80. The predicted molar refractivity (Wildman–Crippen MR) is 90.9 cm³/mol. The van der Waals surface area contributed by atoms with Crippen molar-refractivity contribution in [3.63, 3.8) is 0 Å². The number of benzene rings is 1. The first-order valence-electron chi connectivity index (χ1n) is 7.69. The van der Waals surface area contributed by atoms with Gasteiger partial charge in [0.15, 0.2) is 27.1 Å². The highest BCUT2D eigenvalue weighted by atomic mass is 32.2. The third kappa shape index (κ3) is 4.50. The van der Waals surface area contributed by atoms with E-state index in [0.717, 1.165) is 6.07 Å². The van der Waals surface area contributed by atoms with Gasteiger partial charge in [0, 0.05) is 6.54 Å². The van der Waals surface area contributed by atoms with E-state index in [1.165, 1.54) is 17.0 Å². The quantitative estimate of drug-likeness (QED) is 0.448. The Morgan fingerprint density at radius 1 is 1.50 bits per heavy atom. The third-order valence-corrected chi connectivity index (χ3v) is 4.81. The Morgan fingerprint density at radius 3 is 2.81 bits per heavy atom. The van der Waals surface area contributed by atoms with Gasteiger partial charge in [-0.05, 0) is 24.9 Å². The molecule has 1 saturated heterocycles. The fourth-order valence-electron chi connectivity index (χ4n) is 2.43. The summed E-state index contributed by atoms with van der Waals surface area (Å²) in [7, 11) is -4.26. The molecule has 2 rings (SSSR count). The van der Waals surface area contributed by atoms with E-state index in [4.69, 9.17) is 4.74 Å². The van der Waals surface area contributed by atoms with E-state index in [2.05, 4.69) is 10.1 Å². The zero-order valence-electron chi connectivity index (χ0n) is 14.0. The van der Waals surface area contributed by atoms with E-state index in [0.29, 0.717) is 19.8 Å². The molecule has 1 N–H and O–H groups in total. The minimum Gasteiger partial charge on any atom is -0.504 e. The van der Waals surface area contributed by atoms with Crippen molar-refractivity contribution >= 4 is 27.4 Å². The van der Waals surface area contributed by atoms with Crippen LogP contribution in [0.15, 0.2) is 18.2 Å². The molecule has 7 nitrogen and oxygen atoms in total. The highest BCUT2D eigenvalue weighted by molar-refractivity contribution is 7.96. The zero-order chi connectivity index (χ0) is 19.5. The van der Waals surface area contributed by atoms with Gasteiger partial charge in [0.1, 0.15) is 0 Å². The second-order valence-corrected chi connectivity index (χ2v) is 7.62. The Balaban J connectivity index is 2.17. The summed E-state index contributed by atoms with van der Waals surface area (Å²) in [6.07, 6.45) is -0.518. The van der Waals surface area contributed by atoms with Gasteiger partial charge >= 0.3 is 5.76 Å². The molecule has 0 aromatic heterocycles. The van der Waals surface area contributed by atoms with Crippen LogP contribution >= 0.6 is 0 Å². The molecule has 1 aliphatic heterocycles. The Morgan fingerprint density at radius 2 is 2.19 bits per heavy atom. The van der Waals surface area contributed by atoms with E-state index in [1.54, 1.807) is 6.92 Å². The van der Waals surface area contributed by atoms with E-state index in [9.17, 15) is 27.7 Å². The number of amides is 1. The average molecular weight is 391 g/mol. The molecular formula is C16H19F2NO6S. The van der Waals surface area contributed by atoms with Crippen molar-refractivity contribution in [2.75, 3.05) is 19.8 Å². The summed E-state index contributed by atoms with van der Waals surface area (Å²) in [5.74, 6) is -3.08. The minimum atomic E-state index is -4.26. The standard InChI is InChI=1S/C16H19F2NO6S/c1-10-9-24-7-6-19(10)14(21)8-12(20)11-4-3-5-13(15(11)22)25-26(2,23)16(17)18/h3-5,10,16,22H,2,6-9H2,1H3. The number of phenolic OH excluding ortho intramolecular Hbond substituents is 1. The smallest absolute Gasteiger partial charge is 0.336 e. The van der Waals surface area contributed by atoms with Crippen LogP contribution in [0.2, 0.25) is 0 Å². The molecule has 144 valence electrons. The number of hydrogen-bond acceptors (Lipinski definition) is 6. The van der Waals surface area contributed by atoms with E-state index in [1.807, 2.05) is 0 Å². The number of ketones is 1. The molecule has 0 bridgehead atoms. The maximum absolute atomic E-state index is 12.6. The van der Waals surface area contributed by atoms with Crippen LogP contribution in [0.5, 0.6) is 11.5 Å². The van der Waals surface area contributed by atoms with Gasteiger partial charge in [0.2, 0.25) is 5.91 Å². The molecule has 0 spiro atoms. The van der Waals surface area contributed by atoms with Crippen molar-refractivity contribution in [2.45, 2.75) is 25.1 Å². The largest absolute Gasteiger partial charge is 0.504 e. The predicted octanol–water partition coefficient (Wildman–Crippen LogP) is 1.45. The topological polar surface area (TPSA) is 93.1 Å². The van der Waals surface area contributed by atoms with Crippen LogP contribution in [0.4, 0.5) is 8.78 Å². The van der Waals surface area contributed by atoms with Gasteiger partial charge in [-0.1, -0.05) is 6.07 Å². The number of alkyl halides is 2. The lowest BCUT2D eigenvalue weighted by molar-refractivity contribution is -0.138. The van der Waals surface area contributed by atoms with Crippen molar-refractivity contribution in [3.05, 3.63) is 23.8 Å². The second-order valence-electron chi connectivity index (χ2n) is 5.77. The lowest BCUT2D eigenvalue weighted by atomic mass is 10.1. The summed E-state index contributed by atoms with van der Waals surface area (Å²) in [4.78, 5) is 26.1. The molecular weight excluding hydrogens is 372 g/mol. The monoisotopic (exact) mass is 391 g/mol. The molecule has 1 amide bonds. The van der Waals surface area contributed by atoms with Crippen LogP contribution in [0.25, 0.3) is 0 Å². The average Bonchev–Trinajstić information content (AvgIpc) is 2.56. The van der Waals surface area contributed by atoms with Gasteiger partial charge in [-0.15, -0.1) is 0 Å². The molecule has 1 aromatic carbocycles. The van der Waals surface area contributed by atoms with Gasteiger partial charge in [0.25, 0.3) is 0 Å². The Kier molecular flexibility index (Phi) is 6.19. The fraction of sp³-hybridized carbons (Fsp3) is 0.438. The zero-order valence-corrected chi connectivity index (χ0v) is 14.8. The Bertz CT molecular complexity index is 796. The summed E-state index contributed by atoms with van der Waals surface area (Å²) in [5, 5.41) is 10.1. The van der Waals surface area contributed by atoms with Crippen molar-refractivity contribution in [1.82, 2.24) is 4.90 Å². The molecule has 0 aliphatic carbocycles. The number of carbonyl (C=O) groups excluding carboxylic acids is 2. The molecule has 2 unspecified atom stereocenters. The number of nitrogens with zero attached hydrogens (tertiary/aromatic N) is 1. The number of morpholine rings is 1. The van der Waals surface area contributed by atoms with Crippen molar-refractivity contribution in [2.24, 2.45) is 0 Å². The molecule has 1 fully saturated rings. The molecule has 10 heteroatoms. The van der Waals surface area contributed by atoms with Crippen LogP contribution in [-0.4, -0.2) is 63.3 Å². The summed E-state index contributed by atoms with van der Waals surface area (Å²) in [5.41, 5.74) is -0.291. The van der Waals surface area contributed by atoms with E-state index < -0.39 is 45.2 Å². The van der Waals surface area contributed by atoms with Crippen LogP contribution in [0.1, 0.15) is 23.7 Å². The minimum absolute atomic E-state index is 0.186. The van der Waals surface area contributed by atoms with Gasteiger partial charge in [0.05, 0.1) is 31.2 Å². The summed E-state index contributed by atoms with van der Waals surface area (Å²) >= 11 is 0. The number of phenols is 1. The Labute approximate surface area is 149 Å². The maximum atomic E-state index is 12.6. The summed E-state index contributed by atoms with van der Waals surface area (Å²) in [6.45, 7) is 2.85. The SMILES string of the molecule is C=S(=O)(Oc1cccc(C(=O)CC(=O)N2CCOCC2C)c1O)C(F)F. The van der Waals surface area contributed by atoms with Crippen molar-refractivity contribution in [3.8, 4) is 11.5 Å². The normalized spacial score (nSPS) is 19.8. The number of ether oxygens (including phenoxy) is 1. The van der Waals surface area contributed by atoms with Gasteiger partial charge in [-0.3, -0.25) is 9.59 Å². The first kappa shape index (κ1) is 20.1. The Hall–Kier alpha value is -2.20. The molecule has 0 saturated carbocycles. The first-order valence-corrected chi connectivity index (χ1v) is 9.41. The fourth-order valence-corrected chi connectivity index (χ4v) is 2.95. The second kappa shape index (κ2) is 8.00. The van der Waals surface area contributed by atoms with Crippen LogP contribution < -0.4 is 4.18 Å². The first-order chi connectivity index (χ1) is 12.1. The molecule has 1 heterocycles. The van der Waals surface area contributed by atoms with Gasteiger partial charge in [-0.2, -0.15) is 8.78 Å². The lowest BCUT2D eigenvalue weighted by Gasteiger charge is -2.33. The molecule has 1 aliphatic rings. The van der Waals surface area contributed by atoms with Crippen LogP contribution in [0, 0.1) is 0 Å². The van der Waals surface area contributed by atoms with Gasteiger partial charge < -0.3 is 18.9 Å². The van der Waals surface area contributed by atoms with Gasteiger partial charge in [-0.25, -0.2) is 4.21 Å². The molecule has 2 atom stereocenters. The summed E-state index contributed by atoms with van der Waals surface area (Å²) in [6, 6.07) is 3.36. The highest BCUT2D eigenvalue weighted by Gasteiger charge is 2.28. The van der Waals surface area contributed by atoms with E-state index in [-0.39, 0.29) is 11.6 Å². The number of halogens is 2. The number of aromatic hydroxyl groups is 1. The molecule has 1 aromatic rings. The van der Waals surface area contributed by atoms with Crippen molar-refractivity contribution < 1.29 is 36.6 Å². The number of hydrogen-bond donors (Lipinski definition) is 1. The number of rotatable bonds is 6. The lowest BCUT2D eigenvalue weighted by Crippen LogP contribution is -2.47. The van der Waals surface area contributed by atoms with Crippen LogP contribution in [-0.2, 0) is 19.3 Å². The number of para-hydroxylation sites is 1.